The van der Waals surface area contributed by atoms with E-state index in [4.69, 9.17) is 0 Å². The van der Waals surface area contributed by atoms with Crippen LogP contribution in [0.1, 0.15) is 38.5 Å². The van der Waals surface area contributed by atoms with E-state index in [1.54, 1.807) is 0 Å². The lowest BCUT2D eigenvalue weighted by Crippen LogP contribution is -2.37. The molecule has 82 valence electrons. The molecule has 1 aliphatic carbocycles. The Hall–Kier alpha value is -0.370. The average molecular weight is 198 g/mol. The van der Waals surface area contributed by atoms with Crippen LogP contribution in [-0.4, -0.2) is 38.0 Å². The molecule has 0 N–H and O–H groups in total. The van der Waals surface area contributed by atoms with E-state index < -0.39 is 0 Å². The SMILES string of the molecule is C[N+](C)(C)CCC(=O)C1CCCCC1. The highest BCUT2D eigenvalue weighted by atomic mass is 16.1. The molecule has 0 atom stereocenters. The number of ketones is 1. The van der Waals surface area contributed by atoms with Gasteiger partial charge in [0.2, 0.25) is 0 Å². The Balaban J connectivity index is 2.27. The monoisotopic (exact) mass is 198 g/mol. The Morgan fingerprint density at radius 1 is 1.14 bits per heavy atom. The topological polar surface area (TPSA) is 17.1 Å². The summed E-state index contributed by atoms with van der Waals surface area (Å²) >= 11 is 0. The fourth-order valence-electron chi connectivity index (χ4n) is 2.07. The maximum atomic E-state index is 11.8. The summed E-state index contributed by atoms with van der Waals surface area (Å²) in [6.07, 6.45) is 6.93. The summed E-state index contributed by atoms with van der Waals surface area (Å²) in [6.45, 7) is 0.981. The summed E-state index contributed by atoms with van der Waals surface area (Å²) in [6, 6.07) is 0. The smallest absolute Gasteiger partial charge is 0.141 e. The molecule has 0 aromatic carbocycles. The van der Waals surface area contributed by atoms with E-state index in [0.29, 0.717) is 11.7 Å². The number of quaternary nitrogens is 1. The Labute approximate surface area is 87.9 Å². The molecule has 2 nitrogen and oxygen atoms in total. The molecule has 0 bridgehead atoms. The first-order valence-electron chi connectivity index (χ1n) is 5.82. The van der Waals surface area contributed by atoms with Crippen LogP contribution in [0.15, 0.2) is 0 Å². The molecule has 1 saturated carbocycles. The maximum absolute atomic E-state index is 11.8. The van der Waals surface area contributed by atoms with Crippen molar-refractivity contribution in [1.82, 2.24) is 0 Å². The van der Waals surface area contributed by atoms with Gasteiger partial charge in [-0.1, -0.05) is 19.3 Å². The molecule has 1 rings (SSSR count). The van der Waals surface area contributed by atoms with E-state index >= 15 is 0 Å². The van der Waals surface area contributed by atoms with Crippen LogP contribution in [0.25, 0.3) is 0 Å². The second-order valence-electron chi connectivity index (χ2n) is 5.57. The van der Waals surface area contributed by atoms with Crippen LogP contribution in [0.2, 0.25) is 0 Å². The van der Waals surface area contributed by atoms with Gasteiger partial charge in [0, 0.05) is 5.92 Å². The predicted octanol–water partition coefficient (Wildman–Crippen LogP) is 2.23. The fraction of sp³-hybridized carbons (Fsp3) is 0.917. The number of Topliss-reactive ketones (excluding diaryl/α,β-unsaturated/α-hetero) is 1. The molecule has 0 aliphatic heterocycles. The summed E-state index contributed by atoms with van der Waals surface area (Å²) in [4.78, 5) is 11.8. The molecular formula is C12H24NO+. The minimum absolute atomic E-state index is 0.398. The Morgan fingerprint density at radius 3 is 2.21 bits per heavy atom. The molecule has 0 unspecified atom stereocenters. The van der Waals surface area contributed by atoms with Crippen molar-refractivity contribution in [2.45, 2.75) is 38.5 Å². The third-order valence-corrected chi connectivity index (χ3v) is 3.09. The van der Waals surface area contributed by atoms with E-state index in [1.807, 2.05) is 0 Å². The number of nitrogens with zero attached hydrogens (tertiary/aromatic N) is 1. The van der Waals surface area contributed by atoms with Crippen molar-refractivity contribution in [2.75, 3.05) is 27.7 Å². The molecule has 2 heteroatoms. The van der Waals surface area contributed by atoms with E-state index in [0.717, 1.165) is 30.3 Å². The highest BCUT2D eigenvalue weighted by molar-refractivity contribution is 5.81. The Kier molecular flexibility index (Phi) is 4.11. The van der Waals surface area contributed by atoms with Crippen molar-refractivity contribution < 1.29 is 9.28 Å². The van der Waals surface area contributed by atoms with Gasteiger partial charge in [-0.3, -0.25) is 4.79 Å². The first kappa shape index (κ1) is 11.7. The van der Waals surface area contributed by atoms with Gasteiger partial charge in [0.1, 0.15) is 5.78 Å². The van der Waals surface area contributed by atoms with Crippen LogP contribution in [0.5, 0.6) is 0 Å². The standard InChI is InChI=1S/C12H24NO/c1-13(2,3)10-9-12(14)11-7-5-4-6-8-11/h11H,4-10H2,1-3H3/q+1. The van der Waals surface area contributed by atoms with Crippen molar-refractivity contribution in [1.29, 1.82) is 0 Å². The Bertz CT molecular complexity index is 187. The fourth-order valence-corrected chi connectivity index (χ4v) is 2.07. The summed E-state index contributed by atoms with van der Waals surface area (Å²) in [5.74, 6) is 0.910. The molecule has 0 saturated heterocycles. The van der Waals surface area contributed by atoms with E-state index in [2.05, 4.69) is 21.1 Å². The molecule has 1 aliphatic rings. The van der Waals surface area contributed by atoms with Gasteiger partial charge in [-0.2, -0.15) is 0 Å². The van der Waals surface area contributed by atoms with Gasteiger partial charge < -0.3 is 4.48 Å². The molecular weight excluding hydrogens is 174 g/mol. The van der Waals surface area contributed by atoms with Gasteiger partial charge in [0.05, 0.1) is 34.1 Å². The second-order valence-corrected chi connectivity index (χ2v) is 5.57. The minimum atomic E-state index is 0.398. The highest BCUT2D eigenvalue weighted by Crippen LogP contribution is 2.25. The second kappa shape index (κ2) is 4.92. The summed E-state index contributed by atoms with van der Waals surface area (Å²) in [5, 5.41) is 0. The zero-order valence-corrected chi connectivity index (χ0v) is 9.88. The highest BCUT2D eigenvalue weighted by Gasteiger charge is 2.22. The number of carbonyl (C=O) groups excluding carboxylic acids is 1. The number of rotatable bonds is 4. The molecule has 1 fully saturated rings. The van der Waals surface area contributed by atoms with Gasteiger partial charge >= 0.3 is 0 Å². The molecule has 0 heterocycles. The molecule has 14 heavy (non-hydrogen) atoms. The van der Waals surface area contributed by atoms with Gasteiger partial charge in [-0.05, 0) is 12.8 Å². The molecule has 0 radical (unpaired) electrons. The van der Waals surface area contributed by atoms with E-state index in [1.165, 1.54) is 19.3 Å². The Morgan fingerprint density at radius 2 is 1.71 bits per heavy atom. The normalized spacial score (nSPS) is 19.6. The lowest BCUT2D eigenvalue weighted by atomic mass is 9.85. The van der Waals surface area contributed by atoms with Crippen LogP contribution in [0.4, 0.5) is 0 Å². The van der Waals surface area contributed by atoms with Crippen molar-refractivity contribution >= 4 is 5.78 Å². The lowest BCUT2D eigenvalue weighted by Gasteiger charge is -2.25. The van der Waals surface area contributed by atoms with Crippen molar-refractivity contribution in [3.63, 3.8) is 0 Å². The van der Waals surface area contributed by atoms with Crippen LogP contribution in [-0.2, 0) is 4.79 Å². The molecule has 0 aromatic rings. The first-order valence-corrected chi connectivity index (χ1v) is 5.82. The quantitative estimate of drug-likeness (QED) is 0.633. The first-order chi connectivity index (χ1) is 6.49. The minimum Gasteiger partial charge on any atom is -0.331 e. The van der Waals surface area contributed by atoms with Crippen molar-refractivity contribution in [3.8, 4) is 0 Å². The average Bonchev–Trinajstić information content (AvgIpc) is 2.14. The van der Waals surface area contributed by atoms with Gasteiger partial charge in [0.25, 0.3) is 0 Å². The lowest BCUT2D eigenvalue weighted by molar-refractivity contribution is -0.869. The molecule has 0 aromatic heterocycles. The van der Waals surface area contributed by atoms with Gasteiger partial charge in [0.15, 0.2) is 0 Å². The van der Waals surface area contributed by atoms with Crippen molar-refractivity contribution in [3.05, 3.63) is 0 Å². The number of carbonyl (C=O) groups is 1. The molecule has 0 spiro atoms. The van der Waals surface area contributed by atoms with Crippen LogP contribution in [0.3, 0.4) is 0 Å². The third kappa shape index (κ3) is 4.23. The largest absolute Gasteiger partial charge is 0.331 e. The van der Waals surface area contributed by atoms with Gasteiger partial charge in [-0.25, -0.2) is 0 Å². The zero-order valence-electron chi connectivity index (χ0n) is 9.88. The predicted molar refractivity (Wildman–Crippen MR) is 59.1 cm³/mol. The van der Waals surface area contributed by atoms with Crippen LogP contribution >= 0.6 is 0 Å². The van der Waals surface area contributed by atoms with Gasteiger partial charge in [-0.15, -0.1) is 0 Å². The molecule has 0 amide bonds. The van der Waals surface area contributed by atoms with E-state index in [-0.39, 0.29) is 0 Å². The number of hydrogen-bond donors (Lipinski definition) is 0. The summed E-state index contributed by atoms with van der Waals surface area (Å²) in [5.41, 5.74) is 0. The summed E-state index contributed by atoms with van der Waals surface area (Å²) in [7, 11) is 6.44. The maximum Gasteiger partial charge on any atom is 0.141 e. The van der Waals surface area contributed by atoms with E-state index in [9.17, 15) is 4.79 Å². The summed E-state index contributed by atoms with van der Waals surface area (Å²) < 4.78 is 0.901. The van der Waals surface area contributed by atoms with Crippen LogP contribution < -0.4 is 0 Å². The number of hydrogen-bond acceptors (Lipinski definition) is 1. The van der Waals surface area contributed by atoms with Crippen LogP contribution in [0, 0.1) is 5.92 Å². The van der Waals surface area contributed by atoms with Crippen molar-refractivity contribution in [2.24, 2.45) is 5.92 Å². The third-order valence-electron chi connectivity index (χ3n) is 3.09. The zero-order chi connectivity index (χ0) is 10.6.